The highest BCUT2D eigenvalue weighted by atomic mass is 79.9. The average molecular weight is 667 g/mol. The van der Waals surface area contributed by atoms with Crippen molar-refractivity contribution in [1.29, 1.82) is 0 Å². The van der Waals surface area contributed by atoms with Gasteiger partial charge in [-0.05, 0) is 52.1 Å². The van der Waals surface area contributed by atoms with Crippen molar-refractivity contribution in [2.45, 2.75) is 64.2 Å². The fourth-order valence-corrected chi connectivity index (χ4v) is 7.40. The van der Waals surface area contributed by atoms with E-state index in [0.29, 0.717) is 26.9 Å². The van der Waals surface area contributed by atoms with Crippen LogP contribution < -0.4 is 4.18 Å². The van der Waals surface area contributed by atoms with Crippen LogP contribution in [0.15, 0.2) is 77.8 Å². The lowest BCUT2D eigenvalue weighted by molar-refractivity contribution is 0.476. The molecule has 4 rings (SSSR count). The third-order valence-corrected chi connectivity index (χ3v) is 9.52. The number of halogens is 1. The Hall–Kier alpha value is -3.14. The number of allylic oxidation sites excluding steroid dienone is 5. The molecule has 0 spiro atoms. The summed E-state index contributed by atoms with van der Waals surface area (Å²) in [7, 11) is -4.28. The van der Waals surface area contributed by atoms with Crippen LogP contribution in [-0.2, 0) is 10.1 Å². The van der Waals surface area contributed by atoms with Gasteiger partial charge in [0.05, 0.1) is 5.52 Å². The van der Waals surface area contributed by atoms with E-state index in [-0.39, 0.29) is 28.5 Å². The van der Waals surface area contributed by atoms with Crippen LogP contribution in [0.5, 0.6) is 5.88 Å². The third-order valence-electron chi connectivity index (χ3n) is 6.84. The molecule has 0 amide bonds. The number of rotatable bonds is 11. The number of fused-ring (bicyclic) bond motifs is 1. The standard InChI is InChI=1S/C33H36BrN3O3S2/c1-8-10-23(11-9-14-34)28-19-41-30-29(28)36-32(24-12-15-35-16-13-24)37-33(30)40-42(38,39)31-26(21(4)5)17-25(20(2)3)18-27(31)22(6)7/h8-13,15-22H,1,14H2,2-7H3/b11-9-,23-10+. The van der Waals surface area contributed by atoms with Crippen LogP contribution in [-0.4, -0.2) is 28.7 Å². The van der Waals surface area contributed by atoms with Gasteiger partial charge in [0.25, 0.3) is 5.88 Å². The van der Waals surface area contributed by atoms with E-state index >= 15 is 0 Å². The molecule has 0 N–H and O–H groups in total. The summed E-state index contributed by atoms with van der Waals surface area (Å²) in [5.74, 6) is 0.536. The number of alkyl halides is 1. The van der Waals surface area contributed by atoms with Gasteiger partial charge in [-0.2, -0.15) is 13.4 Å². The second-order valence-corrected chi connectivity index (χ2v) is 13.9. The van der Waals surface area contributed by atoms with Gasteiger partial charge in [-0.15, -0.1) is 11.3 Å². The minimum absolute atomic E-state index is 0.00262. The third kappa shape index (κ3) is 6.74. The molecule has 0 aliphatic carbocycles. The zero-order chi connectivity index (χ0) is 30.6. The second-order valence-electron chi connectivity index (χ2n) is 10.9. The maximum absolute atomic E-state index is 14.3. The summed E-state index contributed by atoms with van der Waals surface area (Å²) in [6.45, 7) is 16.1. The second kappa shape index (κ2) is 13.4. The fourth-order valence-electron chi connectivity index (χ4n) is 4.64. The van der Waals surface area contributed by atoms with Crippen molar-refractivity contribution in [2.75, 3.05) is 5.33 Å². The molecule has 3 aromatic heterocycles. The van der Waals surface area contributed by atoms with E-state index in [1.165, 1.54) is 11.3 Å². The Kier molecular flexibility index (Phi) is 10.2. The molecule has 0 saturated carbocycles. The Morgan fingerprint density at radius 2 is 1.67 bits per heavy atom. The molecule has 0 unspecified atom stereocenters. The molecule has 4 aromatic rings. The summed E-state index contributed by atoms with van der Waals surface area (Å²) in [6.07, 6.45) is 10.9. The van der Waals surface area contributed by atoms with Gasteiger partial charge in [-0.3, -0.25) is 4.98 Å². The first-order valence-corrected chi connectivity index (χ1v) is 17.3. The molecule has 220 valence electrons. The minimum Gasteiger partial charge on any atom is -0.356 e. The van der Waals surface area contributed by atoms with Crippen molar-refractivity contribution in [3.05, 3.63) is 95.2 Å². The van der Waals surface area contributed by atoms with Crippen molar-refractivity contribution in [3.63, 3.8) is 0 Å². The zero-order valence-electron chi connectivity index (χ0n) is 24.8. The molecule has 0 aliphatic heterocycles. The fraction of sp³-hybridized carbons (Fsp3) is 0.303. The highest BCUT2D eigenvalue weighted by Gasteiger charge is 2.30. The Balaban J connectivity index is 1.99. The lowest BCUT2D eigenvalue weighted by atomic mass is 9.89. The molecule has 0 bridgehead atoms. The van der Waals surface area contributed by atoms with Crippen molar-refractivity contribution < 1.29 is 12.6 Å². The van der Waals surface area contributed by atoms with E-state index in [0.717, 1.165) is 27.8 Å². The van der Waals surface area contributed by atoms with Gasteiger partial charge in [-0.1, -0.05) is 100 Å². The quantitative estimate of drug-likeness (QED) is 0.0902. The summed E-state index contributed by atoms with van der Waals surface area (Å²) >= 11 is 4.79. The van der Waals surface area contributed by atoms with Gasteiger partial charge >= 0.3 is 10.1 Å². The Labute approximate surface area is 261 Å². The van der Waals surface area contributed by atoms with Crippen molar-refractivity contribution in [1.82, 2.24) is 15.0 Å². The molecule has 0 saturated heterocycles. The molecule has 0 fully saturated rings. The van der Waals surface area contributed by atoms with Crippen LogP contribution in [0.1, 0.15) is 81.5 Å². The van der Waals surface area contributed by atoms with Crippen molar-refractivity contribution >= 4 is 53.2 Å². The van der Waals surface area contributed by atoms with Crippen LogP contribution in [0.2, 0.25) is 0 Å². The highest BCUT2D eigenvalue weighted by molar-refractivity contribution is 9.09. The minimum atomic E-state index is -4.28. The van der Waals surface area contributed by atoms with E-state index in [1.54, 1.807) is 30.6 Å². The maximum atomic E-state index is 14.3. The molecule has 6 nitrogen and oxygen atoms in total. The topological polar surface area (TPSA) is 82.0 Å². The van der Waals surface area contributed by atoms with Crippen LogP contribution in [0.3, 0.4) is 0 Å². The molecule has 0 radical (unpaired) electrons. The molecular formula is C33H36BrN3O3S2. The molecule has 0 aliphatic rings. The Bertz CT molecular complexity index is 1730. The Morgan fingerprint density at radius 1 is 1.02 bits per heavy atom. The van der Waals surface area contributed by atoms with Gasteiger partial charge in [-0.25, -0.2) is 4.98 Å². The molecule has 3 heterocycles. The van der Waals surface area contributed by atoms with E-state index < -0.39 is 10.1 Å². The molecule has 1 aromatic carbocycles. The highest BCUT2D eigenvalue weighted by Crippen LogP contribution is 2.40. The number of thiophene rings is 1. The summed E-state index contributed by atoms with van der Waals surface area (Å²) in [6, 6.07) is 7.58. The number of pyridine rings is 1. The van der Waals surface area contributed by atoms with Gasteiger partial charge in [0, 0.05) is 34.2 Å². The number of aromatic nitrogens is 3. The van der Waals surface area contributed by atoms with Crippen LogP contribution in [0.25, 0.3) is 27.2 Å². The van der Waals surface area contributed by atoms with E-state index in [1.807, 2.05) is 63.4 Å². The number of hydrogen-bond donors (Lipinski definition) is 0. The van der Waals surface area contributed by atoms with Crippen LogP contribution in [0, 0.1) is 0 Å². The summed E-state index contributed by atoms with van der Waals surface area (Å²) in [5.41, 5.74) is 5.61. The lowest BCUT2D eigenvalue weighted by Crippen LogP contribution is -2.18. The van der Waals surface area contributed by atoms with E-state index in [9.17, 15) is 8.42 Å². The lowest BCUT2D eigenvalue weighted by Gasteiger charge is -2.22. The normalized spacial score (nSPS) is 12.8. The van der Waals surface area contributed by atoms with E-state index in [4.69, 9.17) is 9.17 Å². The summed E-state index contributed by atoms with van der Waals surface area (Å²) in [4.78, 5) is 13.9. The predicted molar refractivity (Wildman–Crippen MR) is 178 cm³/mol. The van der Waals surface area contributed by atoms with Gasteiger partial charge < -0.3 is 4.18 Å². The molecule has 0 atom stereocenters. The first-order chi connectivity index (χ1) is 20.0. The van der Waals surface area contributed by atoms with Gasteiger partial charge in [0.2, 0.25) is 0 Å². The summed E-state index contributed by atoms with van der Waals surface area (Å²) < 4.78 is 35.1. The predicted octanol–water partition coefficient (Wildman–Crippen LogP) is 9.41. The first kappa shape index (κ1) is 31.8. The zero-order valence-corrected chi connectivity index (χ0v) is 28.0. The maximum Gasteiger partial charge on any atom is 0.341 e. The largest absolute Gasteiger partial charge is 0.356 e. The smallest absolute Gasteiger partial charge is 0.341 e. The monoisotopic (exact) mass is 665 g/mol. The van der Waals surface area contributed by atoms with Crippen LogP contribution >= 0.6 is 27.3 Å². The van der Waals surface area contributed by atoms with Gasteiger partial charge in [0.1, 0.15) is 9.60 Å². The molecule has 9 heteroatoms. The summed E-state index contributed by atoms with van der Waals surface area (Å²) in [5, 5.41) is 2.62. The number of benzene rings is 1. The molecular weight excluding hydrogens is 630 g/mol. The van der Waals surface area contributed by atoms with E-state index in [2.05, 4.69) is 46.3 Å². The van der Waals surface area contributed by atoms with Crippen molar-refractivity contribution in [2.24, 2.45) is 0 Å². The first-order valence-electron chi connectivity index (χ1n) is 13.9. The van der Waals surface area contributed by atoms with Crippen LogP contribution in [0.4, 0.5) is 0 Å². The molecule has 42 heavy (non-hydrogen) atoms. The van der Waals surface area contributed by atoms with Gasteiger partial charge in [0.15, 0.2) is 5.82 Å². The number of nitrogens with zero attached hydrogens (tertiary/aromatic N) is 3. The van der Waals surface area contributed by atoms with Crippen molar-refractivity contribution in [3.8, 4) is 17.3 Å². The SMILES string of the molecule is C=C/C=C(\C=C/CBr)c1csc2c(OS(=O)(=O)c3c(C(C)C)cc(C(C)C)cc3C(C)C)nc(-c3ccncc3)nc12. The Morgan fingerprint density at radius 3 is 2.21 bits per heavy atom. The number of hydrogen-bond acceptors (Lipinski definition) is 7. The average Bonchev–Trinajstić information content (AvgIpc) is 3.39.